The number of carbonyl (C=O) groups is 1. The highest BCUT2D eigenvalue weighted by Crippen LogP contribution is 2.08. The third-order valence-electron chi connectivity index (χ3n) is 2.01. The maximum atomic E-state index is 10.6. The van der Waals surface area contributed by atoms with Crippen molar-refractivity contribution in [1.29, 1.82) is 0 Å². The number of esters is 1. The molecule has 0 atom stereocenters. The van der Waals surface area contributed by atoms with E-state index in [0.29, 0.717) is 13.2 Å². The molecule has 0 aliphatic heterocycles. The molecule has 78 valence electrons. The maximum absolute atomic E-state index is 10.6. The van der Waals surface area contributed by atoms with Crippen LogP contribution < -0.4 is 0 Å². The molecule has 0 fully saturated rings. The quantitative estimate of drug-likeness (QED) is 0.701. The predicted octanol–water partition coefficient (Wildman–Crippen LogP) is 0.994. The Morgan fingerprint density at radius 3 is 3.27 bits per heavy atom. The maximum Gasteiger partial charge on any atom is 0.302 e. The van der Waals surface area contributed by atoms with Crippen LogP contribution in [0.1, 0.15) is 6.92 Å². The Morgan fingerprint density at radius 2 is 2.47 bits per heavy atom. The summed E-state index contributed by atoms with van der Waals surface area (Å²) in [6, 6.07) is 3.80. The van der Waals surface area contributed by atoms with Crippen LogP contribution in [0.4, 0.5) is 0 Å². The smallest absolute Gasteiger partial charge is 0.302 e. The van der Waals surface area contributed by atoms with E-state index >= 15 is 0 Å². The standard InChI is InChI=1S/C10H11N3O2/c1-8(14)15-6-5-13-10-9(7-12-13)3-2-4-11-10/h2-4,7H,5-6H2,1H3. The van der Waals surface area contributed by atoms with Gasteiger partial charge in [-0.05, 0) is 12.1 Å². The third kappa shape index (κ3) is 2.12. The van der Waals surface area contributed by atoms with Crippen LogP contribution in [0, 0.1) is 0 Å². The Balaban J connectivity index is 2.11. The van der Waals surface area contributed by atoms with Gasteiger partial charge in [-0.25, -0.2) is 9.67 Å². The Hall–Kier alpha value is -1.91. The fourth-order valence-electron chi connectivity index (χ4n) is 1.35. The average Bonchev–Trinajstić information content (AvgIpc) is 2.62. The van der Waals surface area contributed by atoms with Gasteiger partial charge in [-0.15, -0.1) is 0 Å². The third-order valence-corrected chi connectivity index (χ3v) is 2.01. The Morgan fingerprint density at radius 1 is 1.60 bits per heavy atom. The molecule has 0 unspecified atom stereocenters. The van der Waals surface area contributed by atoms with Gasteiger partial charge in [0, 0.05) is 18.5 Å². The van der Waals surface area contributed by atoms with Crippen molar-refractivity contribution in [3.05, 3.63) is 24.5 Å². The monoisotopic (exact) mass is 205 g/mol. The zero-order valence-corrected chi connectivity index (χ0v) is 8.38. The first kappa shape index (κ1) is 9.64. The lowest BCUT2D eigenvalue weighted by atomic mass is 10.4. The first-order valence-corrected chi connectivity index (χ1v) is 4.67. The minimum absolute atomic E-state index is 0.278. The molecule has 15 heavy (non-hydrogen) atoms. The van der Waals surface area contributed by atoms with Gasteiger partial charge in [-0.3, -0.25) is 4.79 Å². The summed E-state index contributed by atoms with van der Waals surface area (Å²) in [6.45, 7) is 2.24. The molecule has 0 radical (unpaired) electrons. The molecule has 0 amide bonds. The van der Waals surface area contributed by atoms with Crippen LogP contribution >= 0.6 is 0 Å². The number of pyridine rings is 1. The van der Waals surface area contributed by atoms with Gasteiger partial charge in [0.2, 0.25) is 0 Å². The van der Waals surface area contributed by atoms with Crippen molar-refractivity contribution in [2.75, 3.05) is 6.61 Å². The fourth-order valence-corrected chi connectivity index (χ4v) is 1.35. The summed E-state index contributed by atoms with van der Waals surface area (Å²) >= 11 is 0. The van der Waals surface area contributed by atoms with Gasteiger partial charge in [0.1, 0.15) is 6.61 Å². The first-order valence-electron chi connectivity index (χ1n) is 4.67. The molecule has 0 N–H and O–H groups in total. The molecule has 2 aromatic heterocycles. The second-order valence-corrected chi connectivity index (χ2v) is 3.12. The van der Waals surface area contributed by atoms with E-state index in [1.165, 1.54) is 6.92 Å². The Labute approximate surface area is 86.7 Å². The van der Waals surface area contributed by atoms with Crippen LogP contribution in [-0.2, 0) is 16.1 Å². The molecule has 2 rings (SSSR count). The van der Waals surface area contributed by atoms with E-state index in [1.54, 1.807) is 17.1 Å². The van der Waals surface area contributed by atoms with Gasteiger partial charge < -0.3 is 4.74 Å². The van der Waals surface area contributed by atoms with Crippen molar-refractivity contribution >= 4 is 17.0 Å². The summed E-state index contributed by atoms with van der Waals surface area (Å²) in [7, 11) is 0. The molecule has 0 aliphatic rings. The number of fused-ring (bicyclic) bond motifs is 1. The molecule has 0 aliphatic carbocycles. The van der Waals surface area contributed by atoms with Gasteiger partial charge in [-0.2, -0.15) is 5.10 Å². The Kier molecular flexibility index (Phi) is 2.62. The van der Waals surface area contributed by atoms with E-state index in [9.17, 15) is 4.79 Å². The van der Waals surface area contributed by atoms with Gasteiger partial charge in [0.05, 0.1) is 12.7 Å². The van der Waals surface area contributed by atoms with Gasteiger partial charge in [0.25, 0.3) is 0 Å². The van der Waals surface area contributed by atoms with Crippen LogP contribution in [0.3, 0.4) is 0 Å². The largest absolute Gasteiger partial charge is 0.464 e. The van der Waals surface area contributed by atoms with Crippen molar-refractivity contribution < 1.29 is 9.53 Å². The highest BCUT2D eigenvalue weighted by atomic mass is 16.5. The minimum atomic E-state index is -0.278. The second-order valence-electron chi connectivity index (χ2n) is 3.12. The van der Waals surface area contributed by atoms with Gasteiger partial charge >= 0.3 is 5.97 Å². The van der Waals surface area contributed by atoms with E-state index < -0.39 is 0 Å². The van der Waals surface area contributed by atoms with Crippen molar-refractivity contribution in [2.24, 2.45) is 0 Å². The second kappa shape index (κ2) is 4.08. The molecule has 2 heterocycles. The fraction of sp³-hybridized carbons (Fsp3) is 0.300. The lowest BCUT2D eigenvalue weighted by Gasteiger charge is -2.02. The molecule has 0 spiro atoms. The van der Waals surface area contributed by atoms with Crippen LogP contribution in [0.5, 0.6) is 0 Å². The molecule has 2 aromatic rings. The summed E-state index contributed by atoms with van der Waals surface area (Å²) in [4.78, 5) is 14.8. The lowest BCUT2D eigenvalue weighted by molar-refractivity contribution is -0.141. The average molecular weight is 205 g/mol. The van der Waals surface area contributed by atoms with Crippen LogP contribution in [0.25, 0.3) is 11.0 Å². The van der Waals surface area contributed by atoms with E-state index in [2.05, 4.69) is 10.1 Å². The molecule has 0 aromatic carbocycles. The predicted molar refractivity (Wildman–Crippen MR) is 54.2 cm³/mol. The number of ether oxygens (including phenoxy) is 1. The molecular weight excluding hydrogens is 194 g/mol. The Bertz CT molecular complexity index is 478. The minimum Gasteiger partial charge on any atom is -0.464 e. The van der Waals surface area contributed by atoms with Crippen molar-refractivity contribution in [2.45, 2.75) is 13.5 Å². The topological polar surface area (TPSA) is 57.0 Å². The zero-order chi connectivity index (χ0) is 10.7. The van der Waals surface area contributed by atoms with Crippen molar-refractivity contribution in [1.82, 2.24) is 14.8 Å². The molecule has 5 nitrogen and oxygen atoms in total. The number of aromatic nitrogens is 3. The van der Waals surface area contributed by atoms with E-state index in [1.807, 2.05) is 12.1 Å². The van der Waals surface area contributed by atoms with E-state index in [4.69, 9.17) is 4.74 Å². The SMILES string of the molecule is CC(=O)OCCn1ncc2cccnc21. The summed E-state index contributed by atoms with van der Waals surface area (Å²) in [5, 5.41) is 5.14. The highest BCUT2D eigenvalue weighted by Gasteiger charge is 2.02. The number of hydrogen-bond donors (Lipinski definition) is 0. The normalized spacial score (nSPS) is 10.5. The van der Waals surface area contributed by atoms with Gasteiger partial charge in [0.15, 0.2) is 5.65 Å². The molecule has 5 heteroatoms. The zero-order valence-electron chi connectivity index (χ0n) is 8.38. The first-order chi connectivity index (χ1) is 7.27. The summed E-state index contributed by atoms with van der Waals surface area (Å²) in [5.41, 5.74) is 0.810. The number of rotatable bonds is 3. The molecule has 0 saturated carbocycles. The lowest BCUT2D eigenvalue weighted by Crippen LogP contribution is -2.10. The molecule has 0 bridgehead atoms. The molecule has 0 saturated heterocycles. The number of hydrogen-bond acceptors (Lipinski definition) is 4. The van der Waals surface area contributed by atoms with Gasteiger partial charge in [-0.1, -0.05) is 0 Å². The number of nitrogens with zero attached hydrogens (tertiary/aromatic N) is 3. The van der Waals surface area contributed by atoms with E-state index in [0.717, 1.165) is 11.0 Å². The van der Waals surface area contributed by atoms with Crippen molar-refractivity contribution in [3.8, 4) is 0 Å². The van der Waals surface area contributed by atoms with Crippen LogP contribution in [-0.4, -0.2) is 27.3 Å². The summed E-state index contributed by atoms with van der Waals surface area (Å²) < 4.78 is 6.56. The van der Waals surface area contributed by atoms with Crippen LogP contribution in [0.2, 0.25) is 0 Å². The van der Waals surface area contributed by atoms with E-state index in [-0.39, 0.29) is 5.97 Å². The van der Waals surface area contributed by atoms with Crippen molar-refractivity contribution in [3.63, 3.8) is 0 Å². The molecular formula is C10H11N3O2. The van der Waals surface area contributed by atoms with Crippen LogP contribution in [0.15, 0.2) is 24.5 Å². The number of carbonyl (C=O) groups excluding carboxylic acids is 1. The summed E-state index contributed by atoms with van der Waals surface area (Å²) in [6.07, 6.45) is 3.46. The summed E-state index contributed by atoms with van der Waals surface area (Å²) in [5.74, 6) is -0.278. The highest BCUT2D eigenvalue weighted by molar-refractivity contribution is 5.73.